The maximum Gasteiger partial charge on any atom is 0.326 e. The van der Waals surface area contributed by atoms with Crippen molar-refractivity contribution >= 4 is 69.8 Å². The number of rotatable bonds is 17. The highest BCUT2D eigenvalue weighted by Gasteiger charge is 2.52. The Kier molecular flexibility index (Phi) is 20.9. The molecule has 522 valence electrons. The van der Waals surface area contributed by atoms with Gasteiger partial charge in [0.15, 0.2) is 0 Å². The molecule has 6 amide bonds. The Morgan fingerprint density at radius 1 is 0.451 bits per heavy atom. The molecule has 6 heterocycles. The van der Waals surface area contributed by atoms with E-state index in [1.54, 1.807) is 59.4 Å². The first-order chi connectivity index (χ1) is 49.7. The third-order valence-electron chi connectivity index (χ3n) is 18.9. The van der Waals surface area contributed by atoms with Gasteiger partial charge in [0.05, 0.1) is 67.3 Å². The van der Waals surface area contributed by atoms with Crippen molar-refractivity contribution in [1.29, 1.82) is 0 Å². The summed E-state index contributed by atoms with van der Waals surface area (Å²) in [4.78, 5) is 96.4. The van der Waals surface area contributed by atoms with Crippen LogP contribution in [0.4, 0.5) is 48.5 Å². The van der Waals surface area contributed by atoms with Crippen molar-refractivity contribution in [2.45, 2.75) is 71.3 Å². The van der Waals surface area contributed by atoms with E-state index in [1.807, 2.05) is 164 Å². The number of ether oxygens (including phenoxy) is 7. The zero-order chi connectivity index (χ0) is 70.6. The summed E-state index contributed by atoms with van der Waals surface area (Å²) in [6.45, 7) is 6.56. The van der Waals surface area contributed by atoms with Gasteiger partial charge in [0.25, 0.3) is 0 Å². The first kappa shape index (κ1) is 68.6. The van der Waals surface area contributed by atoms with Gasteiger partial charge < -0.3 is 49.1 Å². The van der Waals surface area contributed by atoms with Gasteiger partial charge in [-0.1, -0.05) is 72.8 Å². The van der Waals surface area contributed by atoms with Crippen molar-refractivity contribution in [2.24, 2.45) is 16.7 Å². The Morgan fingerprint density at radius 2 is 0.853 bits per heavy atom. The van der Waals surface area contributed by atoms with Crippen molar-refractivity contribution in [3.63, 3.8) is 0 Å². The zero-order valence-electron chi connectivity index (χ0n) is 56.9. The van der Waals surface area contributed by atoms with Crippen LogP contribution in [0.25, 0.3) is 33.5 Å². The number of amides is 6. The van der Waals surface area contributed by atoms with Crippen LogP contribution in [0.5, 0.6) is 34.9 Å². The number of urea groups is 3. The minimum absolute atomic E-state index is 0.0657. The summed E-state index contributed by atoms with van der Waals surface area (Å²) < 4.78 is 39.9. The molecule has 0 spiro atoms. The van der Waals surface area contributed by atoms with Crippen molar-refractivity contribution in [2.75, 3.05) is 90.4 Å². The molecule has 0 unspecified atom stereocenters. The summed E-state index contributed by atoms with van der Waals surface area (Å²) >= 11 is 0. The Morgan fingerprint density at radius 3 is 1.23 bits per heavy atom. The van der Waals surface area contributed by atoms with E-state index >= 15 is 0 Å². The van der Waals surface area contributed by atoms with Gasteiger partial charge in [-0.15, -0.1) is 0 Å². The number of fused-ring (bicyclic) bond motifs is 3. The molecule has 3 saturated carbocycles. The van der Waals surface area contributed by atoms with Gasteiger partial charge in [0.2, 0.25) is 17.6 Å². The van der Waals surface area contributed by atoms with Gasteiger partial charge in [0, 0.05) is 64.2 Å². The minimum atomic E-state index is -0.524. The first-order valence-corrected chi connectivity index (χ1v) is 34.2. The molecule has 0 bridgehead atoms. The number of pyridine rings is 2. The maximum absolute atomic E-state index is 12.8. The van der Waals surface area contributed by atoms with Crippen LogP contribution in [-0.2, 0) is 19.1 Å². The number of nitrogens with one attached hydrogen (secondary N) is 3. The highest BCUT2D eigenvalue weighted by atomic mass is 16.5. The summed E-state index contributed by atoms with van der Waals surface area (Å²) in [6.07, 6.45) is 13.6. The molecule has 0 saturated heterocycles. The van der Waals surface area contributed by atoms with Gasteiger partial charge in [-0.25, -0.2) is 34.3 Å². The van der Waals surface area contributed by atoms with E-state index in [4.69, 9.17) is 33.2 Å². The van der Waals surface area contributed by atoms with Crippen LogP contribution in [0.2, 0.25) is 0 Å². The van der Waals surface area contributed by atoms with Crippen LogP contribution in [0, 0.1) is 16.7 Å². The summed E-state index contributed by atoms with van der Waals surface area (Å²) in [6, 6.07) is 52.1. The number of nitrogens with zero attached hydrogens (tertiary/aromatic N) is 7. The van der Waals surface area contributed by atoms with Crippen molar-refractivity contribution in [3.05, 3.63) is 195 Å². The highest BCUT2D eigenvalue weighted by molar-refractivity contribution is 6.05. The Labute approximate surface area is 590 Å². The average molecular weight is 1380 g/mol. The fourth-order valence-electron chi connectivity index (χ4n) is 12.5. The second-order valence-corrected chi connectivity index (χ2v) is 25.8. The molecule has 3 aromatic heterocycles. The van der Waals surface area contributed by atoms with E-state index in [0.717, 1.165) is 102 Å². The van der Waals surface area contributed by atoms with Gasteiger partial charge in [-0.05, 0) is 161 Å². The standard InChI is InChI=1S/C27H28N4O4.C26H25N3O5.C26H25N3O4/c1-18(32)19-7-10-22(11-8-19)35-26-17-28-23(16-29-26)20-9-12-24-25(15-20)34-14-13-31(24)27(33)30-21-5-3-2-4-6-21;1-32-24(30)26(11-12-26)17-34-23-10-8-19(16-27-23)18-7-9-21-22(15-18)33-14-13-29(21)25(31)28-20-5-3-2-4-6-20;1-18(30)26(11-12-26)17-33-24-10-8-20(16-27-24)19-7-9-22-23(15-19)32-14-13-29(22)25(31)28-21-5-3-2-4-6-21/h2-6,9,12,15-17,19,22H,7-8,10-11,13-14H2,1H3,(H,30,33);2-10,15-16H,11-14,17H2,1H3,(H,28,31);2-10,15-16H,11-14,17H2,1H3,(H,28,31). The topological polar surface area (TPSA) is 264 Å². The summed E-state index contributed by atoms with van der Waals surface area (Å²) in [5.74, 6) is 3.74. The number of Topliss-reactive ketones (excluding diaryl/α,β-unsaturated/α-hetero) is 2. The molecular formula is C79H78N10O13. The zero-order valence-corrected chi connectivity index (χ0v) is 56.9. The van der Waals surface area contributed by atoms with E-state index in [0.29, 0.717) is 98.0 Å². The second kappa shape index (κ2) is 31.1. The molecule has 3 fully saturated rings. The summed E-state index contributed by atoms with van der Waals surface area (Å²) in [7, 11) is 1.40. The van der Waals surface area contributed by atoms with Gasteiger partial charge in [-0.3, -0.25) is 29.1 Å². The second-order valence-electron chi connectivity index (χ2n) is 25.8. The number of benzene rings is 6. The largest absolute Gasteiger partial charge is 0.490 e. The molecular weight excluding hydrogens is 1300 g/mol. The molecule has 6 aromatic carbocycles. The molecule has 3 N–H and O–H groups in total. The molecule has 9 aromatic rings. The number of para-hydroxylation sites is 3. The molecule has 3 aliphatic heterocycles. The lowest BCUT2D eigenvalue weighted by molar-refractivity contribution is -0.148. The number of hydrogen-bond donors (Lipinski definition) is 3. The number of esters is 1. The SMILES string of the molecule is CC(=O)C1(COc2ccc(-c3ccc4c(c3)OCCN4C(=O)Nc3ccccc3)cn2)CC1.CC(=O)C1CCC(Oc2cnc(-c3ccc4c(c3)OCCN4C(=O)Nc3ccccc3)cn2)CC1.COC(=O)C1(COc2ccc(-c3ccc4c(c3)OCCN4C(=O)Nc3ccccc3)cn2)CC1. The molecule has 6 aliphatic rings. The Hall–Kier alpha value is -11.9. The lowest BCUT2D eigenvalue weighted by Gasteiger charge is -2.30. The van der Waals surface area contributed by atoms with Crippen LogP contribution >= 0.6 is 0 Å². The number of ketones is 2. The fraction of sp³-hybridized carbons (Fsp3) is 0.291. The van der Waals surface area contributed by atoms with E-state index in [2.05, 4.69) is 35.9 Å². The van der Waals surface area contributed by atoms with Crippen LogP contribution in [0.3, 0.4) is 0 Å². The number of carbonyl (C=O) groups excluding carboxylic acids is 6. The van der Waals surface area contributed by atoms with Crippen LogP contribution in [0.15, 0.2) is 195 Å². The van der Waals surface area contributed by atoms with Crippen molar-refractivity contribution < 1.29 is 61.9 Å². The minimum Gasteiger partial charge on any atom is -0.490 e. The normalized spacial score (nSPS) is 16.9. The van der Waals surface area contributed by atoms with Crippen molar-refractivity contribution in [3.8, 4) is 68.4 Å². The molecule has 102 heavy (non-hydrogen) atoms. The number of hydrogen-bond acceptors (Lipinski definition) is 17. The Bertz CT molecular complexity index is 4460. The predicted octanol–water partition coefficient (Wildman–Crippen LogP) is 14.5. The van der Waals surface area contributed by atoms with E-state index < -0.39 is 5.41 Å². The van der Waals surface area contributed by atoms with Crippen LogP contribution < -0.4 is 59.1 Å². The molecule has 0 radical (unpaired) electrons. The molecule has 0 atom stereocenters. The third-order valence-corrected chi connectivity index (χ3v) is 18.9. The monoisotopic (exact) mass is 1370 g/mol. The van der Waals surface area contributed by atoms with Crippen molar-refractivity contribution in [1.82, 2.24) is 19.9 Å². The lowest BCUT2D eigenvalue weighted by Crippen LogP contribution is -2.40. The lowest BCUT2D eigenvalue weighted by atomic mass is 9.85. The van der Waals surface area contributed by atoms with E-state index in [9.17, 15) is 28.8 Å². The van der Waals surface area contributed by atoms with Gasteiger partial charge >= 0.3 is 24.1 Å². The molecule has 23 heteroatoms. The predicted molar refractivity (Wildman–Crippen MR) is 386 cm³/mol. The molecule has 23 nitrogen and oxygen atoms in total. The first-order valence-electron chi connectivity index (χ1n) is 34.2. The van der Waals surface area contributed by atoms with E-state index in [-0.39, 0.29) is 59.7 Å². The number of carbonyl (C=O) groups is 6. The quantitative estimate of drug-likeness (QED) is 0.0715. The van der Waals surface area contributed by atoms with E-state index in [1.165, 1.54) is 7.11 Å². The smallest absolute Gasteiger partial charge is 0.326 e. The summed E-state index contributed by atoms with van der Waals surface area (Å²) in [5, 5.41) is 8.77. The molecule has 3 aliphatic carbocycles. The summed E-state index contributed by atoms with van der Waals surface area (Å²) in [5.41, 5.74) is 8.72. The number of anilines is 6. The van der Waals surface area contributed by atoms with Crippen LogP contribution in [0.1, 0.15) is 65.2 Å². The third kappa shape index (κ3) is 16.5. The average Bonchev–Trinajstić information content (AvgIpc) is 1.48. The number of methoxy groups -OCH3 is 1. The maximum atomic E-state index is 12.8. The Balaban J connectivity index is 0.000000137. The molecule has 15 rings (SSSR count). The van der Waals surface area contributed by atoms with Gasteiger partial charge in [0.1, 0.15) is 73.4 Å². The van der Waals surface area contributed by atoms with Crippen LogP contribution in [-0.4, -0.2) is 121 Å². The number of aromatic nitrogens is 4. The fourth-order valence-corrected chi connectivity index (χ4v) is 12.5. The highest BCUT2D eigenvalue weighted by Crippen LogP contribution is 2.48. The van der Waals surface area contributed by atoms with Gasteiger partial charge in [-0.2, -0.15) is 0 Å².